The van der Waals surface area contributed by atoms with Gasteiger partial charge in [-0.1, -0.05) is 6.08 Å². The fourth-order valence-electron chi connectivity index (χ4n) is 2.42. The third-order valence-corrected chi connectivity index (χ3v) is 4.59. The average molecular weight is 276 g/mol. The van der Waals surface area contributed by atoms with E-state index in [0.29, 0.717) is 5.56 Å². The molecular formula is C14H16N2O2S. The van der Waals surface area contributed by atoms with Crippen molar-refractivity contribution in [3.63, 3.8) is 0 Å². The third-order valence-electron chi connectivity index (χ3n) is 3.40. The molecule has 2 N–H and O–H groups in total. The molecule has 0 amide bonds. The van der Waals surface area contributed by atoms with Crippen LogP contribution in [-0.2, 0) is 0 Å². The molecule has 1 saturated heterocycles. The van der Waals surface area contributed by atoms with E-state index in [0.717, 1.165) is 37.6 Å². The highest BCUT2D eigenvalue weighted by Crippen LogP contribution is 2.32. The van der Waals surface area contributed by atoms with Gasteiger partial charge in [0.05, 0.1) is 5.56 Å². The van der Waals surface area contributed by atoms with Crippen molar-refractivity contribution < 1.29 is 9.90 Å². The quantitative estimate of drug-likeness (QED) is 0.880. The molecule has 0 unspecified atom stereocenters. The summed E-state index contributed by atoms with van der Waals surface area (Å²) >= 11 is 1.79. The molecule has 0 aliphatic carbocycles. The third kappa shape index (κ3) is 2.83. The number of carboxylic acid groups (broad SMARTS) is 1. The van der Waals surface area contributed by atoms with Crippen LogP contribution in [0.3, 0.4) is 0 Å². The topological polar surface area (TPSA) is 52.6 Å². The van der Waals surface area contributed by atoms with Gasteiger partial charge >= 0.3 is 5.97 Å². The Labute approximate surface area is 116 Å². The average Bonchev–Trinajstić information content (AvgIpc) is 2.90. The maximum absolute atomic E-state index is 11.0. The number of carboxylic acids is 1. The van der Waals surface area contributed by atoms with E-state index >= 15 is 0 Å². The highest BCUT2D eigenvalue weighted by molar-refractivity contribution is 7.99. The van der Waals surface area contributed by atoms with Gasteiger partial charge in [0, 0.05) is 37.0 Å². The Kier molecular flexibility index (Phi) is 3.59. The number of nitrogens with zero attached hydrogens (tertiary/aromatic N) is 1. The number of rotatable bonds is 3. The van der Waals surface area contributed by atoms with Crippen LogP contribution in [0.5, 0.6) is 0 Å². The second kappa shape index (κ2) is 5.36. The Hall–Kier alpha value is -1.30. The SMILES string of the molecule is O=C(O)c1ccc2c(c1)C=C(CN1CCNC1)CS2. The summed E-state index contributed by atoms with van der Waals surface area (Å²) in [6.45, 7) is 4.06. The molecule has 0 atom stereocenters. The van der Waals surface area contributed by atoms with E-state index in [-0.39, 0.29) is 0 Å². The van der Waals surface area contributed by atoms with Crippen molar-refractivity contribution in [2.75, 3.05) is 32.1 Å². The van der Waals surface area contributed by atoms with Crippen molar-refractivity contribution in [3.8, 4) is 0 Å². The number of thioether (sulfide) groups is 1. The first-order chi connectivity index (χ1) is 9.22. The molecule has 2 aliphatic heterocycles. The van der Waals surface area contributed by atoms with E-state index in [1.807, 2.05) is 6.07 Å². The Morgan fingerprint density at radius 2 is 2.37 bits per heavy atom. The predicted octanol–water partition coefficient (Wildman–Crippen LogP) is 1.74. The van der Waals surface area contributed by atoms with Gasteiger partial charge in [0.1, 0.15) is 0 Å². The standard InChI is InChI=1S/C14H16N2O2S/c17-14(18)11-1-2-13-12(6-11)5-10(8-19-13)7-16-4-3-15-9-16/h1-2,5-6,15H,3-4,7-9H2,(H,17,18). The van der Waals surface area contributed by atoms with Crippen LogP contribution in [0.2, 0.25) is 0 Å². The first kappa shape index (κ1) is 12.7. The maximum atomic E-state index is 11.0. The zero-order chi connectivity index (χ0) is 13.2. The molecule has 1 aromatic carbocycles. The van der Waals surface area contributed by atoms with E-state index in [1.165, 1.54) is 10.5 Å². The maximum Gasteiger partial charge on any atom is 0.335 e. The minimum Gasteiger partial charge on any atom is -0.478 e. The van der Waals surface area contributed by atoms with Gasteiger partial charge in [-0.05, 0) is 29.3 Å². The van der Waals surface area contributed by atoms with Gasteiger partial charge in [-0.25, -0.2) is 4.79 Å². The molecule has 100 valence electrons. The Bertz CT molecular complexity index is 536. The van der Waals surface area contributed by atoms with Crippen LogP contribution < -0.4 is 5.32 Å². The van der Waals surface area contributed by atoms with E-state index in [1.54, 1.807) is 23.9 Å². The van der Waals surface area contributed by atoms with E-state index < -0.39 is 5.97 Å². The summed E-state index contributed by atoms with van der Waals surface area (Å²) in [6, 6.07) is 5.36. The van der Waals surface area contributed by atoms with Gasteiger partial charge in [0.2, 0.25) is 0 Å². The van der Waals surface area contributed by atoms with Gasteiger partial charge < -0.3 is 10.4 Å². The number of fused-ring (bicyclic) bond motifs is 1. The second-order valence-corrected chi connectivity index (χ2v) is 5.88. The summed E-state index contributed by atoms with van der Waals surface area (Å²) in [5, 5.41) is 12.4. The van der Waals surface area contributed by atoms with Gasteiger partial charge in [0.15, 0.2) is 0 Å². The highest BCUT2D eigenvalue weighted by Gasteiger charge is 2.17. The van der Waals surface area contributed by atoms with Crippen LogP contribution in [0.25, 0.3) is 6.08 Å². The molecule has 2 aliphatic rings. The summed E-state index contributed by atoms with van der Waals surface area (Å²) in [7, 11) is 0. The minimum atomic E-state index is -0.864. The zero-order valence-corrected chi connectivity index (χ0v) is 11.4. The number of nitrogens with one attached hydrogen (secondary N) is 1. The van der Waals surface area contributed by atoms with Crippen molar-refractivity contribution in [1.29, 1.82) is 0 Å². The molecule has 3 rings (SSSR count). The number of hydrogen-bond donors (Lipinski definition) is 2. The second-order valence-electron chi connectivity index (χ2n) is 4.86. The van der Waals surface area contributed by atoms with Crippen LogP contribution in [0.4, 0.5) is 0 Å². The first-order valence-corrected chi connectivity index (χ1v) is 7.33. The number of benzene rings is 1. The lowest BCUT2D eigenvalue weighted by Crippen LogP contribution is -2.25. The predicted molar refractivity (Wildman–Crippen MR) is 76.5 cm³/mol. The van der Waals surface area contributed by atoms with E-state index in [4.69, 9.17) is 5.11 Å². The lowest BCUT2D eigenvalue weighted by atomic mass is 10.1. The number of aromatic carboxylic acids is 1. The molecule has 4 nitrogen and oxygen atoms in total. The normalized spacial score (nSPS) is 19.1. The largest absolute Gasteiger partial charge is 0.478 e. The first-order valence-electron chi connectivity index (χ1n) is 6.35. The van der Waals surface area contributed by atoms with Crippen molar-refractivity contribution in [3.05, 3.63) is 34.9 Å². The molecule has 0 radical (unpaired) electrons. The molecule has 0 saturated carbocycles. The van der Waals surface area contributed by atoms with Gasteiger partial charge in [-0.15, -0.1) is 11.8 Å². The van der Waals surface area contributed by atoms with Crippen LogP contribution >= 0.6 is 11.8 Å². The smallest absolute Gasteiger partial charge is 0.335 e. The Morgan fingerprint density at radius 3 is 3.11 bits per heavy atom. The molecule has 0 aromatic heterocycles. The van der Waals surface area contributed by atoms with Crippen LogP contribution in [-0.4, -0.2) is 48.0 Å². The summed E-state index contributed by atoms with van der Waals surface area (Å²) < 4.78 is 0. The van der Waals surface area contributed by atoms with Gasteiger partial charge in [-0.3, -0.25) is 4.90 Å². The molecule has 2 heterocycles. The van der Waals surface area contributed by atoms with E-state index in [2.05, 4.69) is 16.3 Å². The lowest BCUT2D eigenvalue weighted by molar-refractivity contribution is 0.0697. The van der Waals surface area contributed by atoms with E-state index in [9.17, 15) is 4.79 Å². The Balaban J connectivity index is 1.81. The van der Waals surface area contributed by atoms with Crippen molar-refractivity contribution in [2.24, 2.45) is 0 Å². The summed E-state index contributed by atoms with van der Waals surface area (Å²) in [6.07, 6.45) is 2.15. The molecule has 5 heteroatoms. The van der Waals surface area contributed by atoms with Crippen LogP contribution in [0.15, 0.2) is 28.7 Å². The summed E-state index contributed by atoms with van der Waals surface area (Å²) in [5.41, 5.74) is 2.77. The lowest BCUT2D eigenvalue weighted by Gasteiger charge is -2.20. The molecule has 1 aromatic rings. The number of carbonyl (C=O) groups is 1. The van der Waals surface area contributed by atoms with Gasteiger partial charge in [0.25, 0.3) is 0 Å². The van der Waals surface area contributed by atoms with Crippen molar-refractivity contribution in [1.82, 2.24) is 10.2 Å². The fraction of sp³-hybridized carbons (Fsp3) is 0.357. The molecule has 0 bridgehead atoms. The number of hydrogen-bond acceptors (Lipinski definition) is 4. The zero-order valence-electron chi connectivity index (χ0n) is 10.6. The highest BCUT2D eigenvalue weighted by atomic mass is 32.2. The molecule has 0 spiro atoms. The van der Waals surface area contributed by atoms with Gasteiger partial charge in [-0.2, -0.15) is 0 Å². The molecular weight excluding hydrogens is 260 g/mol. The van der Waals surface area contributed by atoms with Crippen molar-refractivity contribution >= 4 is 23.8 Å². The van der Waals surface area contributed by atoms with Crippen LogP contribution in [0.1, 0.15) is 15.9 Å². The molecule has 1 fully saturated rings. The molecule has 19 heavy (non-hydrogen) atoms. The summed E-state index contributed by atoms with van der Waals surface area (Å²) in [5.74, 6) is 0.132. The van der Waals surface area contributed by atoms with Crippen LogP contribution in [0, 0.1) is 0 Å². The fourth-order valence-corrected chi connectivity index (χ4v) is 3.39. The Morgan fingerprint density at radius 1 is 1.47 bits per heavy atom. The minimum absolute atomic E-state index is 0.361. The summed E-state index contributed by atoms with van der Waals surface area (Å²) in [4.78, 5) is 14.6. The monoisotopic (exact) mass is 276 g/mol. The van der Waals surface area contributed by atoms with Crippen molar-refractivity contribution in [2.45, 2.75) is 4.90 Å².